The smallest absolute Gasteiger partial charge is 0.230 e. The summed E-state index contributed by atoms with van der Waals surface area (Å²) in [6.45, 7) is 6.01. The highest BCUT2D eigenvalue weighted by molar-refractivity contribution is 5.83. The number of carbonyl (C=O) groups excluding carboxylic acids is 1. The fourth-order valence-corrected chi connectivity index (χ4v) is 2.74. The molecule has 1 aliphatic heterocycles. The van der Waals surface area contributed by atoms with Gasteiger partial charge in [-0.3, -0.25) is 4.79 Å². The number of nitrogens with two attached hydrogens (primary N) is 1. The number of fused-ring (bicyclic) bond motifs is 1. The van der Waals surface area contributed by atoms with Crippen molar-refractivity contribution in [1.82, 2.24) is 4.90 Å². The maximum absolute atomic E-state index is 12.7. The van der Waals surface area contributed by atoms with Crippen LogP contribution >= 0.6 is 0 Å². The molecular weight excluding hydrogens is 224 g/mol. The summed E-state index contributed by atoms with van der Waals surface area (Å²) in [6, 6.07) is 8.26. The van der Waals surface area contributed by atoms with Crippen LogP contribution in [0.2, 0.25) is 0 Å². The first-order valence-corrected chi connectivity index (χ1v) is 6.73. The van der Waals surface area contributed by atoms with Gasteiger partial charge >= 0.3 is 0 Å². The van der Waals surface area contributed by atoms with E-state index in [1.807, 2.05) is 17.0 Å². The lowest BCUT2D eigenvalue weighted by Gasteiger charge is -2.33. The Morgan fingerprint density at radius 1 is 1.22 bits per heavy atom. The molecule has 0 fully saturated rings. The van der Waals surface area contributed by atoms with Crippen LogP contribution in [0.3, 0.4) is 0 Å². The number of amides is 1. The number of benzene rings is 1. The Labute approximate surface area is 109 Å². The van der Waals surface area contributed by atoms with Gasteiger partial charge in [0.05, 0.1) is 5.41 Å². The van der Waals surface area contributed by atoms with Crippen LogP contribution in [0.5, 0.6) is 0 Å². The van der Waals surface area contributed by atoms with Gasteiger partial charge in [0.15, 0.2) is 0 Å². The van der Waals surface area contributed by atoms with Gasteiger partial charge in [0.2, 0.25) is 5.91 Å². The van der Waals surface area contributed by atoms with E-state index in [1.165, 1.54) is 11.1 Å². The van der Waals surface area contributed by atoms with Gasteiger partial charge < -0.3 is 10.6 Å². The van der Waals surface area contributed by atoms with E-state index in [0.29, 0.717) is 6.54 Å². The molecule has 1 aromatic carbocycles. The first-order valence-electron chi connectivity index (χ1n) is 6.73. The minimum atomic E-state index is -0.373. The van der Waals surface area contributed by atoms with Crippen LogP contribution in [-0.4, -0.2) is 17.4 Å². The van der Waals surface area contributed by atoms with E-state index >= 15 is 0 Å². The van der Waals surface area contributed by atoms with E-state index in [9.17, 15) is 4.79 Å². The molecule has 0 saturated heterocycles. The fraction of sp³-hybridized carbons (Fsp3) is 0.533. The molecule has 1 amide bonds. The molecule has 3 nitrogen and oxygen atoms in total. The fourth-order valence-electron chi connectivity index (χ4n) is 2.74. The predicted octanol–water partition coefficient (Wildman–Crippen LogP) is 2.29. The molecule has 0 radical (unpaired) electrons. The Bertz CT molecular complexity index is 405. The van der Waals surface area contributed by atoms with Crippen LogP contribution in [0.25, 0.3) is 0 Å². The van der Waals surface area contributed by atoms with E-state index in [0.717, 1.165) is 25.9 Å². The quantitative estimate of drug-likeness (QED) is 0.886. The van der Waals surface area contributed by atoms with Crippen molar-refractivity contribution >= 4 is 5.91 Å². The minimum absolute atomic E-state index is 0.214. The zero-order valence-electron chi connectivity index (χ0n) is 11.3. The number of rotatable bonds is 4. The Kier molecular flexibility index (Phi) is 3.71. The summed E-state index contributed by atoms with van der Waals surface area (Å²) >= 11 is 0. The van der Waals surface area contributed by atoms with Crippen molar-refractivity contribution in [2.45, 2.75) is 39.8 Å². The van der Waals surface area contributed by atoms with Crippen LogP contribution in [0.4, 0.5) is 0 Å². The highest BCUT2D eigenvalue weighted by Gasteiger charge is 2.38. The Morgan fingerprint density at radius 3 is 2.11 bits per heavy atom. The second kappa shape index (κ2) is 5.11. The minimum Gasteiger partial charge on any atom is -0.333 e. The van der Waals surface area contributed by atoms with Gasteiger partial charge in [0.25, 0.3) is 0 Å². The van der Waals surface area contributed by atoms with Crippen molar-refractivity contribution in [3.05, 3.63) is 35.4 Å². The summed E-state index contributed by atoms with van der Waals surface area (Å²) in [5, 5.41) is 0. The molecule has 0 atom stereocenters. The average molecular weight is 246 g/mol. The maximum Gasteiger partial charge on any atom is 0.230 e. The van der Waals surface area contributed by atoms with Gasteiger partial charge in [-0.2, -0.15) is 0 Å². The number of nitrogens with zero attached hydrogens (tertiary/aromatic N) is 1. The van der Waals surface area contributed by atoms with Gasteiger partial charge in [-0.05, 0) is 24.0 Å². The van der Waals surface area contributed by atoms with Crippen molar-refractivity contribution in [1.29, 1.82) is 0 Å². The molecule has 18 heavy (non-hydrogen) atoms. The number of hydrogen-bond acceptors (Lipinski definition) is 2. The molecule has 0 spiro atoms. The lowest BCUT2D eigenvalue weighted by Crippen LogP contribution is -2.45. The molecule has 0 bridgehead atoms. The van der Waals surface area contributed by atoms with Crippen LogP contribution in [0, 0.1) is 5.41 Å². The third-order valence-corrected chi connectivity index (χ3v) is 4.33. The molecule has 2 rings (SSSR count). The zero-order chi connectivity index (χ0) is 13.2. The molecule has 1 heterocycles. The summed E-state index contributed by atoms with van der Waals surface area (Å²) < 4.78 is 0. The van der Waals surface area contributed by atoms with Gasteiger partial charge in [-0.1, -0.05) is 38.1 Å². The van der Waals surface area contributed by atoms with Crippen LogP contribution < -0.4 is 5.73 Å². The molecule has 0 unspecified atom stereocenters. The van der Waals surface area contributed by atoms with E-state index in [2.05, 4.69) is 26.0 Å². The van der Waals surface area contributed by atoms with E-state index in [1.54, 1.807) is 0 Å². The standard InChI is InChI=1S/C15H22N2O/c1-3-15(4-2,11-16)14(18)17-9-12-7-5-6-8-13(12)10-17/h5-8H,3-4,9-11,16H2,1-2H3. The summed E-state index contributed by atoms with van der Waals surface area (Å²) in [5.41, 5.74) is 8.02. The molecule has 0 aliphatic carbocycles. The van der Waals surface area contributed by atoms with E-state index in [-0.39, 0.29) is 11.3 Å². The topological polar surface area (TPSA) is 46.3 Å². The molecule has 0 saturated carbocycles. The molecule has 1 aromatic rings. The van der Waals surface area contributed by atoms with Crippen molar-refractivity contribution < 1.29 is 4.79 Å². The SMILES string of the molecule is CCC(CC)(CN)C(=O)N1Cc2ccccc2C1. The van der Waals surface area contributed by atoms with Crippen LogP contribution in [-0.2, 0) is 17.9 Å². The van der Waals surface area contributed by atoms with Crippen molar-refractivity contribution in [2.24, 2.45) is 11.1 Å². The lowest BCUT2D eigenvalue weighted by atomic mass is 9.81. The first kappa shape index (κ1) is 13.1. The molecule has 1 aliphatic rings. The van der Waals surface area contributed by atoms with Crippen molar-refractivity contribution in [3.63, 3.8) is 0 Å². The molecule has 2 N–H and O–H groups in total. The molecule has 0 aromatic heterocycles. The van der Waals surface area contributed by atoms with Crippen LogP contribution in [0.1, 0.15) is 37.8 Å². The highest BCUT2D eigenvalue weighted by Crippen LogP contribution is 2.32. The van der Waals surface area contributed by atoms with Gasteiger partial charge in [-0.15, -0.1) is 0 Å². The normalized spacial score (nSPS) is 14.7. The van der Waals surface area contributed by atoms with Crippen molar-refractivity contribution in [2.75, 3.05) is 6.54 Å². The predicted molar refractivity (Wildman–Crippen MR) is 72.8 cm³/mol. The largest absolute Gasteiger partial charge is 0.333 e. The maximum atomic E-state index is 12.7. The summed E-state index contributed by atoms with van der Waals surface area (Å²) in [5.74, 6) is 0.214. The van der Waals surface area contributed by atoms with Gasteiger partial charge in [0.1, 0.15) is 0 Å². The van der Waals surface area contributed by atoms with Gasteiger partial charge in [-0.25, -0.2) is 0 Å². The first-order chi connectivity index (χ1) is 8.66. The number of hydrogen-bond donors (Lipinski definition) is 1. The third-order valence-electron chi connectivity index (χ3n) is 4.33. The zero-order valence-corrected chi connectivity index (χ0v) is 11.3. The summed E-state index contributed by atoms with van der Waals surface area (Å²) in [4.78, 5) is 14.6. The Morgan fingerprint density at radius 2 is 1.72 bits per heavy atom. The highest BCUT2D eigenvalue weighted by atomic mass is 16.2. The Balaban J connectivity index is 2.18. The second-order valence-electron chi connectivity index (χ2n) is 5.12. The molecule has 3 heteroatoms. The summed E-state index contributed by atoms with van der Waals surface area (Å²) in [7, 11) is 0. The third kappa shape index (κ3) is 2.03. The van der Waals surface area contributed by atoms with Gasteiger partial charge in [0, 0.05) is 19.6 Å². The average Bonchev–Trinajstić information content (AvgIpc) is 2.85. The summed E-state index contributed by atoms with van der Waals surface area (Å²) in [6.07, 6.45) is 1.62. The van der Waals surface area contributed by atoms with Crippen molar-refractivity contribution in [3.8, 4) is 0 Å². The van der Waals surface area contributed by atoms with E-state index in [4.69, 9.17) is 5.73 Å². The lowest BCUT2D eigenvalue weighted by molar-refractivity contribution is -0.142. The Hall–Kier alpha value is -1.35. The number of carbonyl (C=O) groups is 1. The second-order valence-corrected chi connectivity index (χ2v) is 5.12. The van der Waals surface area contributed by atoms with E-state index < -0.39 is 0 Å². The van der Waals surface area contributed by atoms with Crippen LogP contribution in [0.15, 0.2) is 24.3 Å². The molecule has 98 valence electrons. The monoisotopic (exact) mass is 246 g/mol. The molecular formula is C15H22N2O.